The van der Waals surface area contributed by atoms with Crippen LogP contribution < -0.4 is 34.8 Å². The van der Waals surface area contributed by atoms with Crippen molar-refractivity contribution >= 4 is 10.4 Å². The van der Waals surface area contributed by atoms with Crippen LogP contribution in [0.2, 0.25) is 0 Å². The Morgan fingerprint density at radius 3 is 1.88 bits per heavy atom. The van der Waals surface area contributed by atoms with E-state index in [2.05, 4.69) is 9.37 Å². The van der Waals surface area contributed by atoms with Crippen molar-refractivity contribution < 1.29 is 57.2 Å². The Morgan fingerprint density at radius 2 is 1.88 bits per heavy atom. The fourth-order valence-corrected chi connectivity index (χ4v) is 0.105. The van der Waals surface area contributed by atoms with E-state index in [0.717, 1.165) is 0 Å². The summed E-state index contributed by atoms with van der Waals surface area (Å²) < 4.78 is 28.6. The first kappa shape index (κ1) is 11.6. The molecule has 0 radical (unpaired) electrons. The maximum atomic E-state index is 9.24. The topological polar surface area (TPSA) is 95.9 Å². The zero-order chi connectivity index (χ0) is 5.91. The van der Waals surface area contributed by atoms with Crippen molar-refractivity contribution in [1.29, 1.82) is 0 Å². The molecule has 0 bridgehead atoms. The quantitative estimate of drug-likeness (QED) is 0.184. The predicted molar refractivity (Wildman–Crippen MR) is 13.7 cm³/mol. The van der Waals surface area contributed by atoms with E-state index in [9.17, 15) is 8.42 Å². The van der Waals surface area contributed by atoms with Crippen LogP contribution in [0.15, 0.2) is 0 Å². The van der Waals surface area contributed by atoms with Gasteiger partial charge in [0.25, 0.3) is 0 Å². The molecule has 0 aromatic rings. The molecule has 0 spiro atoms. The molecular formula is HNaO6S. The van der Waals surface area contributed by atoms with E-state index in [-0.39, 0.29) is 29.6 Å². The summed E-state index contributed by atoms with van der Waals surface area (Å²) in [7, 11) is -4.71. The van der Waals surface area contributed by atoms with Crippen LogP contribution in [-0.4, -0.2) is 13.0 Å². The van der Waals surface area contributed by atoms with Crippen molar-refractivity contribution in [2.24, 2.45) is 0 Å². The van der Waals surface area contributed by atoms with Gasteiger partial charge in [0.05, 0.1) is 0 Å². The molecule has 44 valence electrons. The first-order valence-electron chi connectivity index (χ1n) is 1.02. The number of hydrogen-bond donors (Lipinski definition) is 1. The average molecular weight is 152 g/mol. The van der Waals surface area contributed by atoms with E-state index in [1.807, 2.05) is 0 Å². The maximum absolute atomic E-state index is 9.24. The summed E-state index contributed by atoms with van der Waals surface area (Å²) in [4.78, 5) is 0. The molecule has 8 heteroatoms. The third kappa shape index (κ3) is 9.92. The summed E-state index contributed by atoms with van der Waals surface area (Å²) in [6.45, 7) is 0. The van der Waals surface area contributed by atoms with Gasteiger partial charge < -0.3 is 5.26 Å². The minimum atomic E-state index is -4.71. The minimum absolute atomic E-state index is 0. The van der Waals surface area contributed by atoms with Crippen molar-refractivity contribution in [1.82, 2.24) is 0 Å². The molecule has 0 aromatic carbocycles. The van der Waals surface area contributed by atoms with Gasteiger partial charge in [0, 0.05) is 0 Å². The fraction of sp³-hybridized carbons (Fsp3) is 0. The van der Waals surface area contributed by atoms with Gasteiger partial charge in [-0.05, 0) is 0 Å². The Balaban J connectivity index is 0. The van der Waals surface area contributed by atoms with Crippen LogP contribution in [0, 0.1) is 0 Å². The molecule has 0 aliphatic heterocycles. The molecule has 0 rings (SSSR count). The molecule has 0 saturated heterocycles. The van der Waals surface area contributed by atoms with Gasteiger partial charge in [0.2, 0.25) is 0 Å². The SMILES string of the molecule is O=S(=O)(O)OO[O-].[Na+]. The predicted octanol–water partition coefficient (Wildman–Crippen LogP) is -4.98. The fourth-order valence-electron chi connectivity index (χ4n) is 0.0351. The van der Waals surface area contributed by atoms with E-state index in [1.165, 1.54) is 0 Å². The summed E-state index contributed by atoms with van der Waals surface area (Å²) in [5.41, 5.74) is 0. The van der Waals surface area contributed by atoms with Crippen molar-refractivity contribution in [3.63, 3.8) is 0 Å². The smallest absolute Gasteiger partial charge is 0.691 e. The molecular weight excluding hydrogens is 151 g/mol. The molecule has 0 saturated carbocycles. The Hall–Kier alpha value is 0.790. The monoisotopic (exact) mass is 152 g/mol. The molecule has 0 aliphatic rings. The number of rotatable bonds is 2. The third-order valence-electron chi connectivity index (χ3n) is 0.114. The maximum Gasteiger partial charge on any atom is 1.00 e. The van der Waals surface area contributed by atoms with Crippen LogP contribution in [0.5, 0.6) is 0 Å². The van der Waals surface area contributed by atoms with Crippen molar-refractivity contribution in [3.8, 4) is 0 Å². The second-order valence-corrected chi connectivity index (χ2v) is 1.56. The van der Waals surface area contributed by atoms with Crippen LogP contribution >= 0.6 is 0 Å². The van der Waals surface area contributed by atoms with Gasteiger partial charge in [0.15, 0.2) is 0 Å². The van der Waals surface area contributed by atoms with E-state index >= 15 is 0 Å². The van der Waals surface area contributed by atoms with E-state index in [0.29, 0.717) is 0 Å². The van der Waals surface area contributed by atoms with E-state index < -0.39 is 10.4 Å². The summed E-state index contributed by atoms with van der Waals surface area (Å²) in [5, 5.41) is 11.0. The van der Waals surface area contributed by atoms with Gasteiger partial charge in [-0.2, -0.15) is 8.42 Å². The van der Waals surface area contributed by atoms with Crippen LogP contribution in [0.3, 0.4) is 0 Å². The first-order valence-corrected chi connectivity index (χ1v) is 2.38. The summed E-state index contributed by atoms with van der Waals surface area (Å²) in [5.74, 6) is 0. The summed E-state index contributed by atoms with van der Waals surface area (Å²) >= 11 is 0. The zero-order valence-electron chi connectivity index (χ0n) is 3.90. The largest absolute Gasteiger partial charge is 1.00 e. The second-order valence-electron chi connectivity index (χ2n) is 0.564. The molecule has 0 aliphatic carbocycles. The van der Waals surface area contributed by atoms with E-state index in [1.54, 1.807) is 0 Å². The van der Waals surface area contributed by atoms with Crippen LogP contribution in [0.4, 0.5) is 0 Å². The van der Waals surface area contributed by atoms with Gasteiger partial charge in [-0.3, -0.25) is 9.59 Å². The van der Waals surface area contributed by atoms with Crippen LogP contribution in [0.25, 0.3) is 0 Å². The third-order valence-corrected chi connectivity index (χ3v) is 0.341. The zero-order valence-corrected chi connectivity index (χ0v) is 6.71. The first-order chi connectivity index (χ1) is 3.06. The van der Waals surface area contributed by atoms with Gasteiger partial charge >= 0.3 is 40.0 Å². The van der Waals surface area contributed by atoms with Gasteiger partial charge in [-0.25, -0.2) is 0 Å². The van der Waals surface area contributed by atoms with Crippen molar-refractivity contribution in [3.05, 3.63) is 0 Å². The Bertz CT molecular complexity index is 121. The molecule has 0 aromatic heterocycles. The second kappa shape index (κ2) is 4.65. The van der Waals surface area contributed by atoms with Gasteiger partial charge in [-0.15, -0.1) is 0 Å². The standard InChI is InChI=1S/Na.H2O6S/c;1-5-6-7(2,3)4/h;1H,(H,2,3,4)/q+1;/p-1. The van der Waals surface area contributed by atoms with E-state index in [4.69, 9.17) is 9.81 Å². The van der Waals surface area contributed by atoms with Crippen molar-refractivity contribution in [2.45, 2.75) is 0 Å². The molecule has 6 nitrogen and oxygen atoms in total. The Kier molecular flexibility index (Phi) is 6.72. The molecule has 0 fully saturated rings. The average Bonchev–Trinajstić information content (AvgIpc) is 1.30. The minimum Gasteiger partial charge on any atom is -0.691 e. The Morgan fingerprint density at radius 1 is 1.50 bits per heavy atom. The molecule has 0 atom stereocenters. The molecule has 0 unspecified atom stereocenters. The van der Waals surface area contributed by atoms with Gasteiger partial charge in [0.1, 0.15) is 0 Å². The molecule has 1 N–H and O–H groups in total. The molecule has 0 amide bonds. The number of hydrogen-bond acceptors (Lipinski definition) is 5. The Labute approximate surface area is 67.5 Å². The summed E-state index contributed by atoms with van der Waals surface area (Å²) in [6, 6.07) is 0. The summed E-state index contributed by atoms with van der Waals surface area (Å²) in [6.07, 6.45) is 0. The van der Waals surface area contributed by atoms with Crippen LogP contribution in [0.1, 0.15) is 0 Å². The van der Waals surface area contributed by atoms with Gasteiger partial charge in [-0.1, -0.05) is 4.33 Å². The molecule has 0 heterocycles. The van der Waals surface area contributed by atoms with Crippen molar-refractivity contribution in [2.75, 3.05) is 0 Å². The van der Waals surface area contributed by atoms with Crippen LogP contribution in [-0.2, 0) is 19.8 Å². The molecule has 8 heavy (non-hydrogen) atoms. The normalized spacial score (nSPS) is 10.2.